The Balaban J connectivity index is 2.01. The third-order valence-corrected chi connectivity index (χ3v) is 6.12. The van der Waals surface area contributed by atoms with Gasteiger partial charge in [0.15, 0.2) is 0 Å². The van der Waals surface area contributed by atoms with Crippen molar-refractivity contribution < 1.29 is 14.2 Å². The number of thioether (sulfide) groups is 1. The molecule has 0 bridgehead atoms. The van der Waals surface area contributed by atoms with Crippen LogP contribution in [0.5, 0.6) is 0 Å². The summed E-state index contributed by atoms with van der Waals surface area (Å²) in [6.07, 6.45) is 0. The number of amides is 3. The van der Waals surface area contributed by atoms with E-state index in [-0.39, 0.29) is 11.9 Å². The van der Waals surface area contributed by atoms with Crippen molar-refractivity contribution in [2.45, 2.75) is 26.4 Å². The van der Waals surface area contributed by atoms with Crippen molar-refractivity contribution in [3.8, 4) is 0 Å². The largest absolute Gasteiger partial charge is 0.358 e. The monoisotopic (exact) mass is 393 g/mol. The summed E-state index contributed by atoms with van der Waals surface area (Å²) in [5.41, 5.74) is 0.920. The van der Waals surface area contributed by atoms with Crippen LogP contribution < -0.4 is 0 Å². The van der Waals surface area contributed by atoms with Gasteiger partial charge in [0, 0.05) is 30.4 Å². The summed E-state index contributed by atoms with van der Waals surface area (Å²) in [7, 11) is 3.16. The summed E-state index contributed by atoms with van der Waals surface area (Å²) in [5.74, 6) is 1.57. The minimum absolute atomic E-state index is 0.265. The van der Waals surface area contributed by atoms with Crippen LogP contribution in [0.2, 0.25) is 5.02 Å². The van der Waals surface area contributed by atoms with Gasteiger partial charge in [0.2, 0.25) is 0 Å². The number of rotatable bonds is 4. The average Bonchev–Trinajstić information content (AvgIpc) is 2.97. The molecule has 2 aliphatic rings. The van der Waals surface area contributed by atoms with Crippen molar-refractivity contribution >= 4 is 46.3 Å². The normalized spacial score (nSPS) is 20.2. The molecule has 0 radical (unpaired) electrons. The van der Waals surface area contributed by atoms with Crippen molar-refractivity contribution in [1.29, 1.82) is 0 Å². The van der Waals surface area contributed by atoms with Gasteiger partial charge in [0.25, 0.3) is 17.8 Å². The molecule has 0 spiro atoms. The van der Waals surface area contributed by atoms with Crippen LogP contribution in [0.4, 0.5) is 4.79 Å². The van der Waals surface area contributed by atoms with Gasteiger partial charge in [-0.15, -0.1) is 0 Å². The molecule has 1 aromatic rings. The molecule has 2 heterocycles. The summed E-state index contributed by atoms with van der Waals surface area (Å²) in [6, 6.07) is 6.61. The SMILES string of the molecule is CC(C)CSC1=[N+](Cc2ccccc2Cl)C2C(=O)N(C)C(=O)N(C)C2=N1. The lowest BCUT2D eigenvalue weighted by Gasteiger charge is -2.30. The molecule has 8 heteroatoms. The summed E-state index contributed by atoms with van der Waals surface area (Å²) in [5, 5.41) is 1.40. The zero-order valence-corrected chi connectivity index (χ0v) is 16.8. The van der Waals surface area contributed by atoms with Crippen molar-refractivity contribution in [1.82, 2.24) is 9.80 Å². The van der Waals surface area contributed by atoms with Crippen LogP contribution in [0, 0.1) is 5.92 Å². The van der Waals surface area contributed by atoms with E-state index in [1.54, 1.807) is 18.8 Å². The van der Waals surface area contributed by atoms with Crippen molar-refractivity contribution in [2.75, 3.05) is 19.8 Å². The molecule has 1 fully saturated rings. The second kappa shape index (κ2) is 7.40. The summed E-state index contributed by atoms with van der Waals surface area (Å²) >= 11 is 7.93. The fourth-order valence-electron chi connectivity index (χ4n) is 2.90. The topological polar surface area (TPSA) is 56.0 Å². The van der Waals surface area contributed by atoms with Crippen molar-refractivity contribution in [3.63, 3.8) is 0 Å². The zero-order chi connectivity index (χ0) is 19.0. The van der Waals surface area contributed by atoms with Crippen LogP contribution in [0.3, 0.4) is 0 Å². The quantitative estimate of drug-likeness (QED) is 0.739. The maximum absolute atomic E-state index is 12.8. The van der Waals surface area contributed by atoms with Gasteiger partial charge < -0.3 is 0 Å². The molecule has 138 valence electrons. The number of hydrogen-bond donors (Lipinski definition) is 0. The number of benzene rings is 1. The van der Waals surface area contributed by atoms with Crippen LogP contribution in [0.15, 0.2) is 29.3 Å². The lowest BCUT2D eigenvalue weighted by molar-refractivity contribution is -0.548. The number of carbonyl (C=O) groups excluding carboxylic acids is 2. The first-order chi connectivity index (χ1) is 12.3. The van der Waals surface area contributed by atoms with Gasteiger partial charge in [-0.05, 0) is 28.7 Å². The van der Waals surface area contributed by atoms with Crippen LogP contribution in [-0.4, -0.2) is 63.2 Å². The number of fused-ring (bicyclic) bond motifs is 1. The molecule has 0 aliphatic carbocycles. The number of imide groups is 1. The van der Waals surface area contributed by atoms with Crippen LogP contribution >= 0.6 is 23.4 Å². The van der Waals surface area contributed by atoms with Gasteiger partial charge in [0.05, 0.1) is 0 Å². The van der Waals surface area contributed by atoms with E-state index >= 15 is 0 Å². The van der Waals surface area contributed by atoms with Crippen molar-refractivity contribution in [3.05, 3.63) is 34.9 Å². The van der Waals surface area contributed by atoms with E-state index in [9.17, 15) is 9.59 Å². The Bertz CT molecular complexity index is 821. The third-order valence-electron chi connectivity index (χ3n) is 4.34. The van der Waals surface area contributed by atoms with Gasteiger partial charge in [-0.2, -0.15) is 0 Å². The number of likely N-dealkylation sites (N-methyl/N-ethyl adjacent to an activating group) is 2. The zero-order valence-electron chi connectivity index (χ0n) is 15.3. The number of aliphatic imine (C=N–C) groups is 1. The Morgan fingerprint density at radius 1 is 1.23 bits per heavy atom. The molecule has 26 heavy (non-hydrogen) atoms. The molecular weight excluding hydrogens is 372 g/mol. The van der Waals surface area contributed by atoms with E-state index in [4.69, 9.17) is 11.6 Å². The number of carbonyl (C=O) groups is 2. The average molecular weight is 394 g/mol. The van der Waals surface area contributed by atoms with E-state index in [2.05, 4.69) is 18.8 Å². The molecule has 0 aromatic heterocycles. The number of hydrogen-bond acceptors (Lipinski definition) is 4. The van der Waals surface area contributed by atoms with Crippen LogP contribution in [0.25, 0.3) is 0 Å². The predicted octanol–water partition coefficient (Wildman–Crippen LogP) is 2.90. The first-order valence-electron chi connectivity index (χ1n) is 8.45. The predicted molar refractivity (Wildman–Crippen MR) is 105 cm³/mol. The van der Waals surface area contributed by atoms with E-state index in [0.717, 1.165) is 21.4 Å². The molecule has 2 aliphatic heterocycles. The molecule has 3 rings (SSSR count). The highest BCUT2D eigenvalue weighted by Gasteiger charge is 2.53. The Hall–Kier alpha value is -1.86. The minimum Gasteiger partial charge on any atom is -0.269 e. The highest BCUT2D eigenvalue weighted by molar-refractivity contribution is 8.13. The molecule has 1 saturated heterocycles. The van der Waals surface area contributed by atoms with E-state index in [0.29, 0.717) is 23.3 Å². The fraction of sp³-hybridized carbons (Fsp3) is 0.444. The first kappa shape index (κ1) is 18.9. The molecular formula is C18H22ClN4O2S+. The lowest BCUT2D eigenvalue weighted by Crippen LogP contribution is -2.61. The Morgan fingerprint density at radius 3 is 2.58 bits per heavy atom. The molecule has 0 N–H and O–H groups in total. The number of amidine groups is 2. The number of halogens is 1. The summed E-state index contributed by atoms with van der Waals surface area (Å²) in [4.78, 5) is 32.3. The molecule has 1 unspecified atom stereocenters. The number of urea groups is 1. The molecule has 6 nitrogen and oxygen atoms in total. The smallest absolute Gasteiger partial charge is 0.269 e. The van der Waals surface area contributed by atoms with Gasteiger partial charge in [-0.1, -0.05) is 43.6 Å². The summed E-state index contributed by atoms with van der Waals surface area (Å²) in [6.45, 7) is 4.73. The molecule has 1 aromatic carbocycles. The second-order valence-electron chi connectivity index (χ2n) is 6.82. The lowest BCUT2D eigenvalue weighted by atomic mass is 10.1. The minimum atomic E-state index is -0.603. The Morgan fingerprint density at radius 2 is 1.92 bits per heavy atom. The van der Waals surface area contributed by atoms with Crippen molar-refractivity contribution in [2.24, 2.45) is 10.9 Å². The van der Waals surface area contributed by atoms with Gasteiger partial charge >= 0.3 is 11.2 Å². The maximum atomic E-state index is 12.8. The standard InChI is InChI=1S/C18H22ClN4O2S/c1-11(2)10-26-17-20-15-14(16(24)22(4)18(25)21(15)3)23(17)9-12-7-5-6-8-13(12)19/h5-8,11,14H,9-10H2,1-4H3/q+1. The Labute approximate surface area is 162 Å². The van der Waals surface area contributed by atoms with Crippen LogP contribution in [-0.2, 0) is 11.3 Å². The highest BCUT2D eigenvalue weighted by Crippen LogP contribution is 2.26. The second-order valence-corrected chi connectivity index (χ2v) is 8.21. The highest BCUT2D eigenvalue weighted by atomic mass is 35.5. The van der Waals surface area contributed by atoms with Crippen LogP contribution in [0.1, 0.15) is 19.4 Å². The summed E-state index contributed by atoms with van der Waals surface area (Å²) < 4.78 is 1.95. The molecule has 0 saturated carbocycles. The van der Waals surface area contributed by atoms with Gasteiger partial charge in [0.1, 0.15) is 6.54 Å². The maximum Gasteiger partial charge on any atom is 0.358 e. The van der Waals surface area contributed by atoms with E-state index < -0.39 is 6.04 Å². The van der Waals surface area contributed by atoms with Gasteiger partial charge in [-0.25, -0.2) is 9.37 Å². The van der Waals surface area contributed by atoms with Gasteiger partial charge in [-0.3, -0.25) is 14.6 Å². The fourth-order valence-corrected chi connectivity index (χ4v) is 4.07. The molecule has 1 atom stereocenters. The Kier molecular flexibility index (Phi) is 5.39. The van der Waals surface area contributed by atoms with E-state index in [1.807, 2.05) is 28.8 Å². The van der Waals surface area contributed by atoms with E-state index in [1.165, 1.54) is 11.9 Å². The number of nitrogens with zero attached hydrogens (tertiary/aromatic N) is 4. The first-order valence-corrected chi connectivity index (χ1v) is 9.81. The molecule has 3 amide bonds. The third kappa shape index (κ3) is 3.38.